The molecule has 0 aromatic carbocycles. The Morgan fingerprint density at radius 1 is 0.388 bits per heavy atom. The van der Waals surface area contributed by atoms with E-state index < -0.39 is 0 Å². The average molecular weight is 1080 g/mol. The number of rotatable bonds is 16. The molecule has 2 amide bonds. The second-order valence-corrected chi connectivity index (χ2v) is 22.1. The summed E-state index contributed by atoms with van der Waals surface area (Å²) in [6.45, 7) is 34.1. The maximum Gasteiger partial charge on any atom is 0.273 e. The molecule has 4 aromatic rings. The zero-order valence-corrected chi connectivity index (χ0v) is 50.5. The third-order valence-electron chi connectivity index (χ3n) is 17.7. The summed E-state index contributed by atoms with van der Waals surface area (Å²) in [5.41, 5.74) is 25.4. The maximum absolute atomic E-state index is 12.5. The topological polar surface area (TPSA) is 165 Å². The van der Waals surface area contributed by atoms with Crippen LogP contribution >= 0.6 is 0 Å². The van der Waals surface area contributed by atoms with Crippen LogP contribution in [0.1, 0.15) is 202 Å². The molecular formula is C68H84N8O4. The van der Waals surface area contributed by atoms with Gasteiger partial charge in [0.05, 0.1) is 22.8 Å². The second kappa shape index (κ2) is 23.8. The van der Waals surface area contributed by atoms with E-state index in [1.807, 2.05) is 26.0 Å². The Hall–Kier alpha value is -7.34. The number of aromatic amines is 4. The van der Waals surface area contributed by atoms with Crippen LogP contribution in [0.15, 0.2) is 75.9 Å². The Morgan fingerprint density at radius 2 is 0.750 bits per heavy atom. The van der Waals surface area contributed by atoms with E-state index in [2.05, 4.69) is 151 Å². The molecule has 4 N–H and O–H groups in total. The van der Waals surface area contributed by atoms with Crippen molar-refractivity contribution >= 4 is 71.5 Å². The minimum absolute atomic E-state index is 0.143. The molecule has 80 heavy (non-hydrogen) atoms. The van der Waals surface area contributed by atoms with Gasteiger partial charge in [0.1, 0.15) is 12.2 Å². The van der Waals surface area contributed by atoms with E-state index in [1.54, 1.807) is 0 Å². The average Bonchev–Trinajstić information content (AvgIpc) is 4.33. The van der Waals surface area contributed by atoms with E-state index in [0.29, 0.717) is 11.8 Å². The Bertz CT molecular complexity index is 3580. The molecule has 0 radical (unpaired) electrons. The molecule has 9 rings (SSSR count). The quantitative estimate of drug-likeness (QED) is 0.0878. The lowest BCUT2D eigenvalue weighted by molar-refractivity contribution is -0.114. The minimum atomic E-state index is -0.181. The normalized spacial score (nSPS) is 20.9. The summed E-state index contributed by atoms with van der Waals surface area (Å²) in [6.07, 6.45) is 23.1. The van der Waals surface area contributed by atoms with Gasteiger partial charge in [0.15, 0.2) is 0 Å². The minimum Gasteiger partial charge on any atom is -0.470 e. The Balaban J connectivity index is 0.976. The highest BCUT2D eigenvalue weighted by Gasteiger charge is 2.35. The van der Waals surface area contributed by atoms with Crippen LogP contribution in [-0.4, -0.2) is 67.2 Å². The fourth-order valence-electron chi connectivity index (χ4n) is 12.9. The highest BCUT2D eigenvalue weighted by atomic mass is 16.6. The first kappa shape index (κ1) is 57.3. The molecular weight excluding hydrogens is 993 g/mol. The van der Waals surface area contributed by atoms with E-state index in [4.69, 9.17) is 19.5 Å². The summed E-state index contributed by atoms with van der Waals surface area (Å²) in [7, 11) is 0. The molecule has 1 aliphatic carbocycles. The van der Waals surface area contributed by atoms with Gasteiger partial charge in [-0.1, -0.05) is 55.4 Å². The lowest BCUT2D eigenvalue weighted by atomic mass is 9.94. The lowest BCUT2D eigenvalue weighted by Gasteiger charge is -2.32. The molecule has 2 atom stereocenters. The number of hydrogen-bond acceptors (Lipinski definition) is 6. The number of H-pyrrole nitrogens is 4. The van der Waals surface area contributed by atoms with E-state index in [1.165, 1.54) is 55.7 Å². The first-order valence-corrected chi connectivity index (χ1v) is 29.7. The summed E-state index contributed by atoms with van der Waals surface area (Å²) in [5, 5.41) is 4.09. The van der Waals surface area contributed by atoms with Gasteiger partial charge in [-0.2, -0.15) is 0 Å². The number of hydrogen-bond donors (Lipinski definition) is 4. The molecule has 420 valence electrons. The Labute approximate surface area is 473 Å². The van der Waals surface area contributed by atoms with Crippen molar-refractivity contribution in [1.82, 2.24) is 19.9 Å². The molecule has 1 saturated carbocycles. The fraction of sp³-hybridized carbons (Fsp3) is 0.441. The molecule has 12 heteroatoms. The fourth-order valence-corrected chi connectivity index (χ4v) is 12.9. The van der Waals surface area contributed by atoms with Crippen LogP contribution in [0.4, 0.5) is 0 Å². The first-order valence-electron chi connectivity index (χ1n) is 29.7. The van der Waals surface area contributed by atoms with E-state index >= 15 is 0 Å². The van der Waals surface area contributed by atoms with Crippen molar-refractivity contribution in [2.45, 2.75) is 200 Å². The lowest BCUT2D eigenvalue weighted by Crippen LogP contribution is -2.37. The van der Waals surface area contributed by atoms with Gasteiger partial charge in [0.2, 0.25) is 11.8 Å². The van der Waals surface area contributed by atoms with Gasteiger partial charge in [-0.25, -0.2) is 20.0 Å². The van der Waals surface area contributed by atoms with Gasteiger partial charge >= 0.3 is 0 Å². The van der Waals surface area contributed by atoms with Crippen LogP contribution in [0.3, 0.4) is 0 Å². The van der Waals surface area contributed by atoms with Gasteiger partial charge in [-0.05, 0) is 236 Å². The van der Waals surface area contributed by atoms with Gasteiger partial charge < -0.3 is 29.4 Å². The number of carbonyl (C=O) groups excluding carboxylic acids is 2. The number of nitrogens with zero attached hydrogens (tertiary/aromatic N) is 4. The molecule has 4 aliphatic heterocycles. The molecule has 4 aromatic heterocycles. The van der Waals surface area contributed by atoms with E-state index in [-0.39, 0.29) is 24.0 Å². The smallest absolute Gasteiger partial charge is 0.273 e. The Kier molecular flexibility index (Phi) is 17.0. The summed E-state index contributed by atoms with van der Waals surface area (Å²) in [6, 6.07) is 0. The summed E-state index contributed by atoms with van der Waals surface area (Å²) >= 11 is 0. The van der Waals surface area contributed by atoms with Gasteiger partial charge in [-0.15, -0.1) is 0 Å². The van der Waals surface area contributed by atoms with Crippen LogP contribution in [0.5, 0.6) is 0 Å². The number of nitrogens with one attached hydrogen (secondary N) is 4. The number of amides is 2. The van der Waals surface area contributed by atoms with Crippen molar-refractivity contribution in [2.24, 2.45) is 20.0 Å². The van der Waals surface area contributed by atoms with E-state index in [0.717, 1.165) is 177 Å². The van der Waals surface area contributed by atoms with Crippen molar-refractivity contribution < 1.29 is 19.1 Å². The molecule has 1 fully saturated rings. The van der Waals surface area contributed by atoms with Crippen LogP contribution in [0.2, 0.25) is 0 Å². The van der Waals surface area contributed by atoms with Crippen molar-refractivity contribution in [1.29, 1.82) is 0 Å². The molecule has 12 nitrogen and oxygen atoms in total. The molecule has 0 unspecified atom stereocenters. The predicted molar refractivity (Wildman–Crippen MR) is 330 cm³/mol. The molecule has 8 heterocycles. The number of ether oxygens (including phenoxy) is 2. The summed E-state index contributed by atoms with van der Waals surface area (Å²) < 4.78 is 14.0. The zero-order chi connectivity index (χ0) is 57.4. The monoisotopic (exact) mass is 1080 g/mol. The largest absolute Gasteiger partial charge is 0.470 e. The van der Waals surface area contributed by atoms with Gasteiger partial charge in [0.25, 0.3) is 11.8 Å². The van der Waals surface area contributed by atoms with Crippen LogP contribution in [0, 0.1) is 27.7 Å². The van der Waals surface area contributed by atoms with Crippen molar-refractivity contribution in [3.63, 3.8) is 0 Å². The highest BCUT2D eigenvalue weighted by Crippen LogP contribution is 2.37. The molecule has 0 spiro atoms. The third kappa shape index (κ3) is 10.6. The van der Waals surface area contributed by atoms with Crippen molar-refractivity contribution in [3.8, 4) is 0 Å². The number of carbonyl (C=O) groups is 2. The zero-order valence-electron chi connectivity index (χ0n) is 50.5. The first-order chi connectivity index (χ1) is 38.4. The number of aromatic nitrogens is 4. The number of allylic oxidation sites excluding steroid dienone is 4. The van der Waals surface area contributed by atoms with Crippen LogP contribution < -0.4 is 21.4 Å². The third-order valence-corrected chi connectivity index (χ3v) is 17.7. The number of aliphatic imine (C=N–C) groups is 4. The second-order valence-electron chi connectivity index (χ2n) is 22.1. The molecule has 0 bridgehead atoms. The standard InChI is InChI=1S/C68H84N8O4/c1-17-43-35(9)51(29-59-47(21-5)39(13)65(77)73-59)69-55(43)33-57-45(19-3)37(11)53(71-57)31-61-49(23-7)41(15)67(75-61)79-63-27-25-26-28-64(63)80-68-42(16)50(24-8)62(76-68)32-54-38(12)46(20-4)58(72-54)34-56-44(18-2)36(10)52(70-56)30-60-48(22-6)40(14)66(78)74-60/h29-34,63-64,69-72H,17-28H2,1-16H3/b51-29+,52-30+,55-33-,56-34-,61-31-,62-32+/t63-,64-/m1/s1. The summed E-state index contributed by atoms with van der Waals surface area (Å²) in [5.74, 6) is 1.06. The van der Waals surface area contributed by atoms with Crippen LogP contribution in [0.25, 0.3) is 36.5 Å². The summed E-state index contributed by atoms with van der Waals surface area (Å²) in [4.78, 5) is 59.3. The SMILES string of the molecule is CCC1=C(C)C(=O)N=C1/C=c1/[nH]/c(=C\c2[nH]c(/C=C3\N=C(O[C@@H]4CCCC[C@H]4OC4=N/C(=C/c5[nH]c(/C=c6\[nH]/c(=C/C7=NC(=O)C(C)=C7CC)c(C)c6CC)c(CC)c5C)C(CC)=C4C)C(C)=C3CC)c(C)c2CC)c(CC)c1C. The van der Waals surface area contributed by atoms with Gasteiger partial charge in [0, 0.05) is 66.5 Å². The van der Waals surface area contributed by atoms with Crippen molar-refractivity contribution in [3.05, 3.63) is 145 Å². The van der Waals surface area contributed by atoms with E-state index in [9.17, 15) is 9.59 Å². The van der Waals surface area contributed by atoms with Crippen LogP contribution in [-0.2, 0) is 44.7 Å². The highest BCUT2D eigenvalue weighted by molar-refractivity contribution is 6.31. The Morgan fingerprint density at radius 3 is 1.09 bits per heavy atom. The van der Waals surface area contributed by atoms with Crippen molar-refractivity contribution in [2.75, 3.05) is 0 Å². The molecule has 5 aliphatic rings. The predicted octanol–water partition coefficient (Wildman–Crippen LogP) is 12.1. The van der Waals surface area contributed by atoms with Gasteiger partial charge in [-0.3, -0.25) is 9.59 Å². The molecule has 0 saturated heterocycles. The maximum atomic E-state index is 12.5.